The summed E-state index contributed by atoms with van der Waals surface area (Å²) >= 11 is 11.6. The number of sulfone groups is 1. The topological polar surface area (TPSA) is 69.4 Å². The van der Waals surface area contributed by atoms with Gasteiger partial charge in [-0.25, -0.2) is 8.42 Å². The zero-order valence-electron chi connectivity index (χ0n) is 9.47. The summed E-state index contributed by atoms with van der Waals surface area (Å²) in [6.45, 7) is 0.609. The van der Waals surface area contributed by atoms with Crippen LogP contribution in [0, 0.1) is 0 Å². The molecule has 2 unspecified atom stereocenters. The molecular formula is C11H13Cl2NO3S. The van der Waals surface area contributed by atoms with Gasteiger partial charge in [0.2, 0.25) is 0 Å². The normalized spacial score (nSPS) is 25.1. The van der Waals surface area contributed by atoms with Crippen LogP contribution in [-0.4, -0.2) is 32.9 Å². The monoisotopic (exact) mass is 309 g/mol. The highest BCUT2D eigenvalue weighted by Crippen LogP contribution is 2.28. The van der Waals surface area contributed by atoms with E-state index in [2.05, 4.69) is 0 Å². The van der Waals surface area contributed by atoms with Crippen LogP contribution in [0.25, 0.3) is 0 Å². The van der Waals surface area contributed by atoms with Gasteiger partial charge in [-0.2, -0.15) is 0 Å². The minimum atomic E-state index is -3.54. The summed E-state index contributed by atoms with van der Waals surface area (Å²) in [7, 11) is -3.54. The van der Waals surface area contributed by atoms with Gasteiger partial charge in [0, 0.05) is 12.6 Å². The van der Waals surface area contributed by atoms with Crippen molar-refractivity contribution in [2.24, 2.45) is 5.73 Å². The molecule has 7 heteroatoms. The van der Waals surface area contributed by atoms with E-state index in [4.69, 9.17) is 33.7 Å². The van der Waals surface area contributed by atoms with Gasteiger partial charge in [-0.05, 0) is 24.6 Å². The van der Waals surface area contributed by atoms with Gasteiger partial charge in [-0.15, -0.1) is 0 Å². The molecule has 0 aromatic heterocycles. The van der Waals surface area contributed by atoms with E-state index in [1.54, 1.807) is 0 Å². The molecule has 4 nitrogen and oxygen atoms in total. The second kappa shape index (κ2) is 5.35. The Balaban J connectivity index is 2.37. The highest BCUT2D eigenvalue weighted by atomic mass is 35.5. The molecule has 0 saturated carbocycles. The first-order valence-corrected chi connectivity index (χ1v) is 7.75. The molecule has 2 atom stereocenters. The van der Waals surface area contributed by atoms with Crippen molar-refractivity contribution in [3.05, 3.63) is 28.2 Å². The van der Waals surface area contributed by atoms with E-state index in [-0.39, 0.29) is 16.5 Å². The fourth-order valence-electron chi connectivity index (χ4n) is 1.88. The Hall–Kier alpha value is -0.330. The third kappa shape index (κ3) is 2.65. The molecule has 0 bridgehead atoms. The van der Waals surface area contributed by atoms with Gasteiger partial charge in [0.25, 0.3) is 0 Å². The van der Waals surface area contributed by atoms with Crippen LogP contribution in [0.3, 0.4) is 0 Å². The molecule has 18 heavy (non-hydrogen) atoms. The quantitative estimate of drug-likeness (QED) is 0.905. The molecular weight excluding hydrogens is 297 g/mol. The Morgan fingerprint density at radius 3 is 2.61 bits per heavy atom. The third-order valence-corrected chi connectivity index (χ3v) is 5.91. The Bertz CT molecular complexity index is 547. The van der Waals surface area contributed by atoms with E-state index in [1.165, 1.54) is 18.2 Å². The van der Waals surface area contributed by atoms with Gasteiger partial charge >= 0.3 is 0 Å². The maximum atomic E-state index is 12.4. The second-order valence-electron chi connectivity index (χ2n) is 4.19. The van der Waals surface area contributed by atoms with Crippen LogP contribution < -0.4 is 5.73 Å². The summed E-state index contributed by atoms with van der Waals surface area (Å²) in [6, 6.07) is 3.83. The van der Waals surface area contributed by atoms with Gasteiger partial charge < -0.3 is 10.5 Å². The first-order valence-electron chi connectivity index (χ1n) is 5.45. The van der Waals surface area contributed by atoms with Crippen molar-refractivity contribution in [1.29, 1.82) is 0 Å². The van der Waals surface area contributed by atoms with Crippen molar-refractivity contribution in [3.63, 3.8) is 0 Å². The number of hydrogen-bond acceptors (Lipinski definition) is 4. The molecule has 1 heterocycles. The lowest BCUT2D eigenvalue weighted by molar-refractivity contribution is 0.0891. The zero-order chi connectivity index (χ0) is 13.3. The fraction of sp³-hybridized carbons (Fsp3) is 0.455. The van der Waals surface area contributed by atoms with Crippen molar-refractivity contribution in [3.8, 4) is 0 Å². The van der Waals surface area contributed by atoms with Gasteiger partial charge in [0.1, 0.15) is 5.25 Å². The maximum Gasteiger partial charge on any atom is 0.185 e. The number of halogens is 2. The predicted octanol–water partition coefficient (Wildman–Crippen LogP) is 1.88. The Morgan fingerprint density at radius 2 is 2.00 bits per heavy atom. The molecule has 2 rings (SSSR count). The minimum Gasteiger partial charge on any atom is -0.380 e. The molecule has 2 N–H and O–H groups in total. The van der Waals surface area contributed by atoms with Crippen LogP contribution in [0.15, 0.2) is 23.1 Å². The highest BCUT2D eigenvalue weighted by Gasteiger charge is 2.35. The smallest absolute Gasteiger partial charge is 0.185 e. The SMILES string of the molecule is NC1CCOCC1S(=O)(=O)c1ccc(Cl)c(Cl)c1. The van der Waals surface area contributed by atoms with Gasteiger partial charge in [-0.1, -0.05) is 23.2 Å². The third-order valence-electron chi connectivity index (χ3n) is 2.97. The summed E-state index contributed by atoms with van der Waals surface area (Å²) < 4.78 is 30.0. The number of rotatable bonds is 2. The van der Waals surface area contributed by atoms with E-state index in [9.17, 15) is 8.42 Å². The Kier molecular flexibility index (Phi) is 4.18. The molecule has 1 aromatic carbocycles. The van der Waals surface area contributed by atoms with E-state index in [0.29, 0.717) is 18.1 Å². The second-order valence-corrected chi connectivity index (χ2v) is 7.17. The van der Waals surface area contributed by atoms with Crippen LogP contribution in [-0.2, 0) is 14.6 Å². The number of ether oxygens (including phenoxy) is 1. The lowest BCUT2D eigenvalue weighted by atomic mass is 10.1. The van der Waals surface area contributed by atoms with Crippen molar-refractivity contribution < 1.29 is 13.2 Å². The molecule has 0 amide bonds. The summed E-state index contributed by atoms with van der Waals surface area (Å²) in [5.41, 5.74) is 5.85. The lowest BCUT2D eigenvalue weighted by Gasteiger charge is -2.28. The van der Waals surface area contributed by atoms with Gasteiger partial charge in [0.05, 0.1) is 21.5 Å². The summed E-state index contributed by atoms with van der Waals surface area (Å²) in [4.78, 5) is 0.128. The molecule has 1 fully saturated rings. The number of benzene rings is 1. The first-order chi connectivity index (χ1) is 8.43. The van der Waals surface area contributed by atoms with E-state index in [0.717, 1.165) is 0 Å². The summed E-state index contributed by atoms with van der Waals surface area (Å²) in [6.07, 6.45) is 0.533. The molecule has 0 spiro atoms. The van der Waals surface area contributed by atoms with Crippen LogP contribution in [0.1, 0.15) is 6.42 Å². The summed E-state index contributed by atoms with van der Waals surface area (Å²) in [5, 5.41) is -0.202. The van der Waals surface area contributed by atoms with Crippen LogP contribution in [0.5, 0.6) is 0 Å². The number of hydrogen-bond donors (Lipinski definition) is 1. The zero-order valence-corrected chi connectivity index (χ0v) is 11.8. The van der Waals surface area contributed by atoms with Gasteiger partial charge in [0.15, 0.2) is 9.84 Å². The van der Waals surface area contributed by atoms with Gasteiger partial charge in [-0.3, -0.25) is 0 Å². The van der Waals surface area contributed by atoms with E-state index < -0.39 is 21.1 Å². The molecule has 1 saturated heterocycles. The minimum absolute atomic E-state index is 0.115. The standard InChI is InChI=1S/C11H13Cl2NO3S/c12-8-2-1-7(5-9(8)13)18(15,16)11-6-17-4-3-10(11)14/h1-2,5,10-11H,3-4,6,14H2. The van der Waals surface area contributed by atoms with E-state index in [1.807, 2.05) is 0 Å². The molecule has 1 aliphatic heterocycles. The molecule has 0 aliphatic carbocycles. The lowest BCUT2D eigenvalue weighted by Crippen LogP contribution is -2.47. The maximum absolute atomic E-state index is 12.4. The highest BCUT2D eigenvalue weighted by molar-refractivity contribution is 7.92. The van der Waals surface area contributed by atoms with Crippen molar-refractivity contribution in [1.82, 2.24) is 0 Å². The fourth-order valence-corrected chi connectivity index (χ4v) is 4.00. The van der Waals surface area contributed by atoms with Crippen LogP contribution in [0.2, 0.25) is 10.0 Å². The predicted molar refractivity (Wildman–Crippen MR) is 70.8 cm³/mol. The average molecular weight is 310 g/mol. The van der Waals surface area contributed by atoms with E-state index >= 15 is 0 Å². The first kappa shape index (κ1) is 14.1. The summed E-state index contributed by atoms with van der Waals surface area (Å²) in [5.74, 6) is 0. The van der Waals surface area contributed by atoms with Crippen molar-refractivity contribution >= 4 is 33.0 Å². The van der Waals surface area contributed by atoms with Crippen molar-refractivity contribution in [2.45, 2.75) is 22.6 Å². The Morgan fingerprint density at radius 1 is 1.28 bits per heavy atom. The molecule has 0 radical (unpaired) electrons. The van der Waals surface area contributed by atoms with Crippen LogP contribution in [0.4, 0.5) is 0 Å². The van der Waals surface area contributed by atoms with Crippen molar-refractivity contribution in [2.75, 3.05) is 13.2 Å². The molecule has 1 aromatic rings. The number of nitrogens with two attached hydrogens (primary N) is 1. The molecule has 1 aliphatic rings. The molecule has 100 valence electrons. The van der Waals surface area contributed by atoms with Crippen LogP contribution >= 0.6 is 23.2 Å². The largest absolute Gasteiger partial charge is 0.380 e. The average Bonchev–Trinajstić information content (AvgIpc) is 2.33. The Labute approximate surface area is 116 Å².